The van der Waals surface area contributed by atoms with Crippen LogP contribution in [0, 0.1) is 0 Å². The standard InChI is InChI=1S/2C4H8O2.7C2H6O.H2O/c2*1-3-6-4(2)5;7*1-2-3;/h2*3H2,1-2H3;7*3H,2H2,1H3;1H2. The normalized spacial score (nSPS) is 6.41. The van der Waals surface area contributed by atoms with Gasteiger partial charge < -0.3 is 50.7 Å². The fourth-order valence-electron chi connectivity index (χ4n) is 0.407. The molecule has 0 spiro atoms. The van der Waals surface area contributed by atoms with Crippen LogP contribution in [-0.2, 0) is 19.1 Å². The minimum atomic E-state index is -0.211. The van der Waals surface area contributed by atoms with E-state index in [-0.39, 0.29) is 63.7 Å². The summed E-state index contributed by atoms with van der Waals surface area (Å²) in [4.78, 5) is 19.6. The first-order valence-electron chi connectivity index (χ1n) is 11.0. The smallest absolute Gasteiger partial charge is 0.302 e. The number of hydrogen-bond donors (Lipinski definition) is 7. The lowest BCUT2D eigenvalue weighted by molar-refractivity contribution is -0.141. The quantitative estimate of drug-likeness (QED) is 0.247. The van der Waals surface area contributed by atoms with Gasteiger partial charge in [0.25, 0.3) is 0 Å². The molecule has 0 aliphatic heterocycles. The molecule has 0 atom stereocenters. The second-order valence-electron chi connectivity index (χ2n) is 4.06. The molecule has 0 unspecified atom stereocenters. The van der Waals surface area contributed by atoms with E-state index in [1.807, 2.05) is 0 Å². The van der Waals surface area contributed by atoms with Crippen molar-refractivity contribution in [1.29, 1.82) is 0 Å². The molecule has 0 heterocycles. The Morgan fingerprint density at radius 3 is 0.529 bits per heavy atom. The highest BCUT2D eigenvalue weighted by Gasteiger charge is 1.82. The summed E-state index contributed by atoms with van der Waals surface area (Å²) < 4.78 is 8.81. The molecular formula is C22H60O12. The summed E-state index contributed by atoms with van der Waals surface area (Å²) in [5, 5.41) is 53.0. The molecule has 12 nitrogen and oxygen atoms in total. The van der Waals surface area contributed by atoms with Gasteiger partial charge in [-0.2, -0.15) is 0 Å². The van der Waals surface area contributed by atoms with E-state index in [2.05, 4.69) is 9.47 Å². The number of aliphatic hydroxyl groups is 7. The summed E-state index contributed by atoms with van der Waals surface area (Å²) in [6.45, 7) is 20.8. The predicted molar refractivity (Wildman–Crippen MR) is 138 cm³/mol. The SMILES string of the molecule is CCO.CCO.CCO.CCO.CCO.CCO.CCO.CCOC(C)=O.CCOC(C)=O.O. The maximum absolute atomic E-state index is 9.82. The van der Waals surface area contributed by atoms with Crippen LogP contribution in [0.15, 0.2) is 0 Å². The molecule has 0 amide bonds. The summed E-state index contributed by atoms with van der Waals surface area (Å²) in [5.41, 5.74) is 0. The van der Waals surface area contributed by atoms with Crippen molar-refractivity contribution in [2.45, 2.75) is 76.2 Å². The molecular weight excluding hydrogens is 456 g/mol. The zero-order chi connectivity index (χ0) is 28.9. The molecule has 0 fully saturated rings. The van der Waals surface area contributed by atoms with E-state index >= 15 is 0 Å². The summed E-state index contributed by atoms with van der Waals surface area (Å²) in [7, 11) is 0. The molecule has 0 radical (unpaired) electrons. The van der Waals surface area contributed by atoms with Crippen LogP contribution in [0.25, 0.3) is 0 Å². The Bertz CT molecular complexity index is 196. The Morgan fingerprint density at radius 2 is 0.529 bits per heavy atom. The molecule has 0 aromatic rings. The first-order chi connectivity index (χ1) is 15.4. The van der Waals surface area contributed by atoms with Crippen molar-refractivity contribution in [3.05, 3.63) is 0 Å². The number of esters is 2. The Kier molecular flexibility index (Phi) is 228. The molecule has 9 N–H and O–H groups in total. The second-order valence-corrected chi connectivity index (χ2v) is 4.06. The fourth-order valence-corrected chi connectivity index (χ4v) is 0.407. The van der Waals surface area contributed by atoms with Crippen molar-refractivity contribution in [2.24, 2.45) is 0 Å². The van der Waals surface area contributed by atoms with Crippen molar-refractivity contribution >= 4 is 11.9 Å². The van der Waals surface area contributed by atoms with Gasteiger partial charge in [-0.15, -0.1) is 0 Å². The summed E-state index contributed by atoms with van der Waals surface area (Å²) in [5.74, 6) is -0.421. The minimum absolute atomic E-state index is 0. The van der Waals surface area contributed by atoms with Crippen LogP contribution in [-0.4, -0.2) is 113 Å². The van der Waals surface area contributed by atoms with Crippen molar-refractivity contribution < 1.29 is 60.3 Å². The average molecular weight is 517 g/mol. The van der Waals surface area contributed by atoms with Gasteiger partial charge in [0.15, 0.2) is 0 Å². The zero-order valence-electron chi connectivity index (χ0n) is 23.6. The third-order valence-electron chi connectivity index (χ3n) is 0.695. The number of ether oxygens (including phenoxy) is 2. The Labute approximate surface area is 208 Å². The van der Waals surface area contributed by atoms with Crippen LogP contribution in [0.3, 0.4) is 0 Å². The van der Waals surface area contributed by atoms with Gasteiger partial charge in [-0.3, -0.25) is 9.59 Å². The number of aliphatic hydroxyl groups excluding tert-OH is 7. The van der Waals surface area contributed by atoms with Gasteiger partial charge in [0.05, 0.1) is 13.2 Å². The number of carbonyl (C=O) groups excluding carboxylic acids is 2. The summed E-state index contributed by atoms with van der Waals surface area (Å²) >= 11 is 0. The average Bonchev–Trinajstić information content (AvgIpc) is 2.66. The van der Waals surface area contributed by atoms with Crippen LogP contribution in [0.4, 0.5) is 0 Å². The van der Waals surface area contributed by atoms with E-state index in [0.717, 1.165) is 0 Å². The maximum atomic E-state index is 9.82. The lowest BCUT2D eigenvalue weighted by Crippen LogP contribution is -1.95. The fraction of sp³-hybridized carbons (Fsp3) is 0.909. The number of rotatable bonds is 2. The van der Waals surface area contributed by atoms with Crippen LogP contribution in [0.5, 0.6) is 0 Å². The van der Waals surface area contributed by atoms with E-state index in [0.29, 0.717) is 13.2 Å². The van der Waals surface area contributed by atoms with Gasteiger partial charge in [0.1, 0.15) is 0 Å². The lowest BCUT2D eigenvalue weighted by Gasteiger charge is -1.89. The monoisotopic (exact) mass is 516 g/mol. The first-order valence-corrected chi connectivity index (χ1v) is 11.0. The largest absolute Gasteiger partial charge is 0.466 e. The van der Waals surface area contributed by atoms with E-state index in [1.54, 1.807) is 62.3 Å². The van der Waals surface area contributed by atoms with E-state index in [9.17, 15) is 9.59 Å². The van der Waals surface area contributed by atoms with Crippen molar-refractivity contribution in [3.63, 3.8) is 0 Å². The number of hydrogen-bond acceptors (Lipinski definition) is 11. The third-order valence-corrected chi connectivity index (χ3v) is 0.695. The molecule has 12 heteroatoms. The first kappa shape index (κ1) is 63.7. The highest BCUT2D eigenvalue weighted by Crippen LogP contribution is 1.70. The minimum Gasteiger partial charge on any atom is -0.466 e. The van der Waals surface area contributed by atoms with Crippen molar-refractivity contribution in [2.75, 3.05) is 59.5 Å². The van der Waals surface area contributed by atoms with E-state index in [1.165, 1.54) is 13.8 Å². The predicted octanol–water partition coefficient (Wildman–Crippen LogP) is 0.304. The van der Waals surface area contributed by atoms with E-state index < -0.39 is 0 Å². The summed E-state index contributed by atoms with van der Waals surface area (Å²) in [6, 6.07) is 0. The topological polar surface area (TPSA) is 226 Å². The molecule has 0 saturated heterocycles. The molecule has 0 bridgehead atoms. The van der Waals surface area contributed by atoms with Crippen LogP contribution < -0.4 is 0 Å². The molecule has 0 aromatic carbocycles. The Balaban J connectivity index is -0.0000000243. The van der Waals surface area contributed by atoms with Crippen LogP contribution in [0.1, 0.15) is 76.2 Å². The Hall–Kier alpha value is -1.38. The van der Waals surface area contributed by atoms with Gasteiger partial charge >= 0.3 is 11.9 Å². The van der Waals surface area contributed by atoms with Crippen LogP contribution >= 0.6 is 0 Å². The lowest BCUT2D eigenvalue weighted by atomic mass is 10.8. The molecule has 0 saturated carbocycles. The van der Waals surface area contributed by atoms with Gasteiger partial charge in [0.2, 0.25) is 0 Å². The molecule has 34 heavy (non-hydrogen) atoms. The third kappa shape index (κ3) is 1260. The van der Waals surface area contributed by atoms with Gasteiger partial charge in [-0.25, -0.2) is 0 Å². The maximum Gasteiger partial charge on any atom is 0.302 e. The molecule has 0 aliphatic rings. The zero-order valence-corrected chi connectivity index (χ0v) is 23.6. The Morgan fingerprint density at radius 1 is 0.441 bits per heavy atom. The van der Waals surface area contributed by atoms with Gasteiger partial charge in [-0.05, 0) is 62.3 Å². The van der Waals surface area contributed by atoms with Crippen molar-refractivity contribution in [3.8, 4) is 0 Å². The summed E-state index contributed by atoms with van der Waals surface area (Å²) in [6.07, 6.45) is 0. The second kappa shape index (κ2) is 122. The highest BCUT2D eigenvalue weighted by atomic mass is 16.5. The van der Waals surface area contributed by atoms with Crippen LogP contribution in [0.2, 0.25) is 0 Å². The molecule has 0 aliphatic carbocycles. The molecule has 0 rings (SSSR count). The number of carbonyl (C=O) groups is 2. The van der Waals surface area contributed by atoms with Gasteiger partial charge in [-0.1, -0.05) is 0 Å². The van der Waals surface area contributed by atoms with Gasteiger partial charge in [0, 0.05) is 60.1 Å². The molecule has 0 aromatic heterocycles. The van der Waals surface area contributed by atoms with E-state index in [4.69, 9.17) is 35.7 Å². The van der Waals surface area contributed by atoms with Crippen molar-refractivity contribution in [1.82, 2.24) is 0 Å². The molecule has 220 valence electrons. The highest BCUT2D eigenvalue weighted by molar-refractivity contribution is 5.66.